The first-order valence-electron chi connectivity index (χ1n) is 5.83. The van der Waals surface area contributed by atoms with Crippen molar-refractivity contribution in [2.45, 2.75) is 33.6 Å². The van der Waals surface area contributed by atoms with Gasteiger partial charge in [-0.1, -0.05) is 26.0 Å². The van der Waals surface area contributed by atoms with E-state index in [1.807, 2.05) is 13.0 Å². The molecule has 16 heavy (non-hydrogen) atoms. The number of hydrogen-bond donors (Lipinski definition) is 0. The molecule has 0 spiro atoms. The van der Waals surface area contributed by atoms with Gasteiger partial charge in [-0.3, -0.25) is 4.79 Å². The second-order valence-electron chi connectivity index (χ2n) is 4.66. The van der Waals surface area contributed by atoms with Crippen LogP contribution in [0.15, 0.2) is 12.2 Å². The van der Waals surface area contributed by atoms with E-state index in [0.29, 0.717) is 13.0 Å². The lowest BCUT2D eigenvalue weighted by atomic mass is 9.64. The quantitative estimate of drug-likeness (QED) is 0.418. The first-order valence-corrected chi connectivity index (χ1v) is 5.83. The van der Waals surface area contributed by atoms with Gasteiger partial charge in [0.2, 0.25) is 0 Å². The number of rotatable bonds is 4. The number of allylic oxidation sites excluding steroid dienone is 2. The van der Waals surface area contributed by atoms with Crippen LogP contribution in [-0.4, -0.2) is 18.9 Å². The zero-order valence-corrected chi connectivity index (χ0v) is 10.2. The smallest absolute Gasteiger partial charge is 0.306 e. The molecule has 0 saturated carbocycles. The van der Waals surface area contributed by atoms with Crippen molar-refractivity contribution in [3.05, 3.63) is 12.2 Å². The number of carbonyl (C=O) groups is 2. The minimum Gasteiger partial charge on any atom is -0.466 e. The van der Waals surface area contributed by atoms with E-state index in [1.54, 1.807) is 6.92 Å². The molecule has 0 fully saturated rings. The summed E-state index contributed by atoms with van der Waals surface area (Å²) in [5.41, 5.74) is -0.443. The molecule has 3 atom stereocenters. The van der Waals surface area contributed by atoms with Gasteiger partial charge in [0.1, 0.15) is 6.29 Å². The summed E-state index contributed by atoms with van der Waals surface area (Å²) in [6.07, 6.45) is 6.22. The van der Waals surface area contributed by atoms with Crippen LogP contribution in [0.25, 0.3) is 0 Å². The number of hydrogen-bond acceptors (Lipinski definition) is 3. The summed E-state index contributed by atoms with van der Waals surface area (Å²) in [5, 5.41) is 0. The van der Waals surface area contributed by atoms with E-state index >= 15 is 0 Å². The summed E-state index contributed by atoms with van der Waals surface area (Å²) in [5.74, 6) is 0.0153. The maximum Gasteiger partial charge on any atom is 0.306 e. The average molecular weight is 224 g/mol. The maximum atomic E-state index is 11.4. The fourth-order valence-corrected chi connectivity index (χ4v) is 2.16. The lowest BCUT2D eigenvalue weighted by Crippen LogP contribution is -2.38. The Kier molecular flexibility index (Phi) is 4.27. The summed E-state index contributed by atoms with van der Waals surface area (Å²) in [4.78, 5) is 22.7. The van der Waals surface area contributed by atoms with Crippen molar-refractivity contribution in [1.82, 2.24) is 0 Å². The van der Waals surface area contributed by atoms with E-state index < -0.39 is 5.41 Å². The second kappa shape index (κ2) is 5.28. The van der Waals surface area contributed by atoms with Gasteiger partial charge in [-0.25, -0.2) is 0 Å². The van der Waals surface area contributed by atoms with Gasteiger partial charge >= 0.3 is 5.97 Å². The molecule has 0 aromatic heterocycles. The van der Waals surface area contributed by atoms with Gasteiger partial charge in [-0.2, -0.15) is 0 Å². The molecule has 0 aromatic carbocycles. The largest absolute Gasteiger partial charge is 0.466 e. The summed E-state index contributed by atoms with van der Waals surface area (Å²) in [6, 6.07) is 0. The summed E-state index contributed by atoms with van der Waals surface area (Å²) >= 11 is 0. The molecule has 1 aliphatic rings. The Morgan fingerprint density at radius 3 is 2.88 bits per heavy atom. The SMILES string of the molecule is CCOC(=O)C[C@@H]1C=CC[C@@H](C)[C@]1(C)C=O. The molecule has 0 aromatic rings. The van der Waals surface area contributed by atoms with Gasteiger partial charge in [-0.15, -0.1) is 0 Å². The van der Waals surface area contributed by atoms with Crippen LogP contribution < -0.4 is 0 Å². The van der Waals surface area contributed by atoms with Gasteiger partial charge in [-0.05, 0) is 25.2 Å². The van der Waals surface area contributed by atoms with Gasteiger partial charge < -0.3 is 9.53 Å². The topological polar surface area (TPSA) is 43.4 Å². The van der Waals surface area contributed by atoms with Crippen molar-refractivity contribution < 1.29 is 14.3 Å². The van der Waals surface area contributed by atoms with E-state index in [9.17, 15) is 9.59 Å². The van der Waals surface area contributed by atoms with Crippen molar-refractivity contribution in [1.29, 1.82) is 0 Å². The van der Waals surface area contributed by atoms with Gasteiger partial charge in [0.15, 0.2) is 0 Å². The van der Waals surface area contributed by atoms with Crippen LogP contribution in [0, 0.1) is 17.3 Å². The van der Waals surface area contributed by atoms with Crippen LogP contribution in [0.2, 0.25) is 0 Å². The second-order valence-corrected chi connectivity index (χ2v) is 4.66. The molecule has 0 radical (unpaired) electrons. The highest BCUT2D eigenvalue weighted by atomic mass is 16.5. The minimum absolute atomic E-state index is 0.0344. The lowest BCUT2D eigenvalue weighted by Gasteiger charge is -2.38. The summed E-state index contributed by atoms with van der Waals surface area (Å²) in [7, 11) is 0. The molecule has 0 amide bonds. The van der Waals surface area contributed by atoms with Crippen LogP contribution in [-0.2, 0) is 14.3 Å². The Morgan fingerprint density at radius 1 is 1.62 bits per heavy atom. The molecule has 0 N–H and O–H groups in total. The van der Waals surface area contributed by atoms with Crippen molar-refractivity contribution in [3.8, 4) is 0 Å². The highest BCUT2D eigenvalue weighted by Gasteiger charge is 2.40. The molecule has 3 nitrogen and oxygen atoms in total. The van der Waals surface area contributed by atoms with E-state index in [0.717, 1.165) is 12.7 Å². The zero-order chi connectivity index (χ0) is 12.2. The molecule has 0 saturated heterocycles. The van der Waals surface area contributed by atoms with Crippen molar-refractivity contribution in [2.75, 3.05) is 6.61 Å². The maximum absolute atomic E-state index is 11.4. The minimum atomic E-state index is -0.443. The summed E-state index contributed by atoms with van der Waals surface area (Å²) in [6.45, 7) is 6.16. The molecular weight excluding hydrogens is 204 g/mol. The molecule has 1 aliphatic carbocycles. The molecular formula is C13H20O3. The predicted octanol–water partition coefficient (Wildman–Crippen LogP) is 2.36. The van der Waals surface area contributed by atoms with Crippen molar-refractivity contribution in [3.63, 3.8) is 0 Å². The predicted molar refractivity (Wildman–Crippen MR) is 61.8 cm³/mol. The van der Waals surface area contributed by atoms with Crippen LogP contribution >= 0.6 is 0 Å². The Morgan fingerprint density at radius 2 is 2.31 bits per heavy atom. The lowest BCUT2D eigenvalue weighted by molar-refractivity contribution is -0.145. The van der Waals surface area contributed by atoms with E-state index in [1.165, 1.54) is 0 Å². The van der Waals surface area contributed by atoms with E-state index in [-0.39, 0.29) is 17.8 Å². The van der Waals surface area contributed by atoms with Crippen LogP contribution in [0.3, 0.4) is 0 Å². The molecule has 1 rings (SSSR count). The van der Waals surface area contributed by atoms with E-state index in [4.69, 9.17) is 4.74 Å². The van der Waals surface area contributed by atoms with Gasteiger partial charge in [0, 0.05) is 5.41 Å². The first kappa shape index (κ1) is 12.9. The Bertz CT molecular complexity index is 296. The van der Waals surface area contributed by atoms with Crippen molar-refractivity contribution >= 4 is 12.3 Å². The van der Waals surface area contributed by atoms with Crippen LogP contribution in [0.5, 0.6) is 0 Å². The van der Waals surface area contributed by atoms with Crippen LogP contribution in [0.1, 0.15) is 33.6 Å². The molecule has 90 valence electrons. The highest BCUT2D eigenvalue weighted by molar-refractivity contribution is 5.72. The molecule has 3 heteroatoms. The Labute approximate surface area is 96.9 Å². The average Bonchev–Trinajstić information content (AvgIpc) is 2.25. The number of carbonyl (C=O) groups excluding carboxylic acids is 2. The van der Waals surface area contributed by atoms with Gasteiger partial charge in [0.25, 0.3) is 0 Å². The Hall–Kier alpha value is -1.12. The fourth-order valence-electron chi connectivity index (χ4n) is 2.16. The first-order chi connectivity index (χ1) is 7.54. The molecule has 0 bridgehead atoms. The van der Waals surface area contributed by atoms with Crippen LogP contribution in [0.4, 0.5) is 0 Å². The zero-order valence-electron chi connectivity index (χ0n) is 10.2. The third-order valence-electron chi connectivity index (χ3n) is 3.66. The Balaban J connectivity index is 2.76. The normalized spacial score (nSPS) is 33.4. The summed E-state index contributed by atoms with van der Waals surface area (Å²) < 4.78 is 4.93. The monoisotopic (exact) mass is 224 g/mol. The standard InChI is InChI=1S/C13H20O3/c1-4-16-12(15)8-11-7-5-6-10(2)13(11,3)9-14/h5,7,9-11H,4,6,8H2,1-3H3/t10-,11+,13+/m1/s1. The molecule has 0 aliphatic heterocycles. The third-order valence-corrected chi connectivity index (χ3v) is 3.66. The molecule has 0 unspecified atom stereocenters. The highest BCUT2D eigenvalue weighted by Crippen LogP contribution is 2.41. The molecule has 0 heterocycles. The third kappa shape index (κ3) is 2.52. The number of aldehydes is 1. The van der Waals surface area contributed by atoms with E-state index in [2.05, 4.69) is 13.0 Å². The van der Waals surface area contributed by atoms with Crippen molar-refractivity contribution in [2.24, 2.45) is 17.3 Å². The van der Waals surface area contributed by atoms with Gasteiger partial charge in [0.05, 0.1) is 13.0 Å². The number of esters is 1. The fraction of sp³-hybridized carbons (Fsp3) is 0.692. The number of ether oxygens (including phenoxy) is 1.